The highest BCUT2D eigenvalue weighted by Gasteiger charge is 2.51. The molecular formula is C17H28N2O2. The number of carbonyl (C=O) groups is 1. The van der Waals surface area contributed by atoms with Crippen molar-refractivity contribution in [3.05, 3.63) is 0 Å². The molecule has 0 aromatic carbocycles. The molecule has 5 saturated carbocycles. The summed E-state index contributed by atoms with van der Waals surface area (Å²) in [5, 5.41) is 3.28. The molecule has 0 aromatic rings. The molecule has 21 heavy (non-hydrogen) atoms. The Hall–Kier alpha value is -0.770. The molecule has 0 heterocycles. The Kier molecular flexibility index (Phi) is 3.40. The molecule has 4 bridgehead atoms. The van der Waals surface area contributed by atoms with Crippen molar-refractivity contribution in [1.29, 1.82) is 0 Å². The molecule has 4 nitrogen and oxygen atoms in total. The summed E-state index contributed by atoms with van der Waals surface area (Å²) in [6.45, 7) is 0. The van der Waals surface area contributed by atoms with Crippen molar-refractivity contribution < 1.29 is 9.53 Å². The summed E-state index contributed by atoms with van der Waals surface area (Å²) in [6.07, 6.45) is 11.5. The third kappa shape index (κ3) is 2.79. The number of nitrogens with two attached hydrogens (primary N) is 1. The van der Waals surface area contributed by atoms with Gasteiger partial charge < -0.3 is 15.8 Å². The number of rotatable bonds is 2. The SMILES string of the molecule is NC1CCCC(OC(=O)NC23CC4CC(CC(C4)C2)C3)C1. The van der Waals surface area contributed by atoms with Crippen molar-refractivity contribution in [2.75, 3.05) is 0 Å². The molecule has 118 valence electrons. The second-order valence-electron chi connectivity index (χ2n) is 8.28. The Morgan fingerprint density at radius 2 is 1.62 bits per heavy atom. The van der Waals surface area contributed by atoms with Gasteiger partial charge in [0, 0.05) is 11.6 Å². The van der Waals surface area contributed by atoms with Gasteiger partial charge in [0.25, 0.3) is 0 Å². The zero-order chi connectivity index (χ0) is 14.4. The molecule has 5 rings (SSSR count). The van der Waals surface area contributed by atoms with E-state index in [2.05, 4.69) is 5.32 Å². The molecule has 2 unspecified atom stereocenters. The van der Waals surface area contributed by atoms with Crippen LogP contribution in [-0.4, -0.2) is 23.8 Å². The number of hydrogen-bond acceptors (Lipinski definition) is 3. The van der Waals surface area contributed by atoms with Crippen molar-refractivity contribution in [2.45, 2.75) is 81.9 Å². The predicted octanol–water partition coefficient (Wildman–Crippen LogP) is 2.95. The normalized spacial score (nSPS) is 48.1. The quantitative estimate of drug-likeness (QED) is 0.822. The van der Waals surface area contributed by atoms with Crippen LogP contribution < -0.4 is 11.1 Å². The van der Waals surface area contributed by atoms with Gasteiger partial charge in [0.15, 0.2) is 0 Å². The molecule has 2 atom stereocenters. The first-order valence-corrected chi connectivity index (χ1v) is 8.85. The fraction of sp³-hybridized carbons (Fsp3) is 0.941. The number of amides is 1. The van der Waals surface area contributed by atoms with Crippen LogP contribution in [0.15, 0.2) is 0 Å². The van der Waals surface area contributed by atoms with Gasteiger partial charge in [-0.1, -0.05) is 0 Å². The maximum absolute atomic E-state index is 12.3. The Bertz CT molecular complexity index is 388. The molecule has 4 heteroatoms. The van der Waals surface area contributed by atoms with Crippen LogP contribution in [0.1, 0.15) is 64.2 Å². The van der Waals surface area contributed by atoms with Crippen LogP contribution >= 0.6 is 0 Å². The van der Waals surface area contributed by atoms with E-state index in [4.69, 9.17) is 10.5 Å². The summed E-state index contributed by atoms with van der Waals surface area (Å²) in [5.74, 6) is 2.54. The van der Waals surface area contributed by atoms with Gasteiger partial charge in [0.1, 0.15) is 6.10 Å². The number of hydrogen-bond donors (Lipinski definition) is 2. The first kappa shape index (κ1) is 13.9. The summed E-state index contributed by atoms with van der Waals surface area (Å²) in [6, 6.07) is 0.205. The van der Waals surface area contributed by atoms with Gasteiger partial charge in [0.2, 0.25) is 0 Å². The number of ether oxygens (including phenoxy) is 1. The molecule has 0 aliphatic heterocycles. The van der Waals surface area contributed by atoms with Gasteiger partial charge in [-0.25, -0.2) is 4.79 Å². The van der Waals surface area contributed by atoms with Crippen molar-refractivity contribution in [1.82, 2.24) is 5.32 Å². The van der Waals surface area contributed by atoms with E-state index in [1.165, 1.54) is 38.5 Å². The minimum Gasteiger partial charge on any atom is -0.446 e. The molecule has 5 aliphatic carbocycles. The van der Waals surface area contributed by atoms with E-state index in [1.54, 1.807) is 0 Å². The van der Waals surface area contributed by atoms with Crippen LogP contribution in [0.4, 0.5) is 4.79 Å². The summed E-state index contributed by atoms with van der Waals surface area (Å²) in [5.41, 5.74) is 6.04. The van der Waals surface area contributed by atoms with Gasteiger partial charge in [-0.05, 0) is 82.0 Å². The number of alkyl carbamates (subject to hydrolysis) is 1. The van der Waals surface area contributed by atoms with Crippen molar-refractivity contribution >= 4 is 6.09 Å². The zero-order valence-corrected chi connectivity index (χ0v) is 12.9. The lowest BCUT2D eigenvalue weighted by molar-refractivity contribution is -0.0237. The third-order valence-electron chi connectivity index (χ3n) is 6.35. The second-order valence-corrected chi connectivity index (χ2v) is 8.28. The lowest BCUT2D eigenvalue weighted by Gasteiger charge is -2.56. The average molecular weight is 292 g/mol. The Morgan fingerprint density at radius 3 is 2.19 bits per heavy atom. The zero-order valence-electron chi connectivity index (χ0n) is 12.9. The molecule has 5 aliphatic rings. The molecule has 0 spiro atoms. The molecule has 0 saturated heterocycles. The highest BCUT2D eigenvalue weighted by atomic mass is 16.6. The lowest BCUT2D eigenvalue weighted by atomic mass is 9.53. The largest absolute Gasteiger partial charge is 0.446 e. The first-order chi connectivity index (χ1) is 10.1. The van der Waals surface area contributed by atoms with Crippen molar-refractivity contribution in [3.8, 4) is 0 Å². The van der Waals surface area contributed by atoms with Crippen LogP contribution in [-0.2, 0) is 4.74 Å². The minimum absolute atomic E-state index is 0.0302. The fourth-order valence-corrected chi connectivity index (χ4v) is 5.95. The maximum atomic E-state index is 12.3. The van der Waals surface area contributed by atoms with Gasteiger partial charge in [-0.15, -0.1) is 0 Å². The topological polar surface area (TPSA) is 64.3 Å². The van der Waals surface area contributed by atoms with Crippen molar-refractivity contribution in [3.63, 3.8) is 0 Å². The highest BCUT2D eigenvalue weighted by Crippen LogP contribution is 2.55. The van der Waals surface area contributed by atoms with Crippen LogP contribution in [0.2, 0.25) is 0 Å². The molecule has 1 amide bonds. The monoisotopic (exact) mass is 292 g/mol. The second kappa shape index (κ2) is 5.15. The molecule has 5 fully saturated rings. The molecule has 0 radical (unpaired) electrons. The van der Waals surface area contributed by atoms with E-state index in [0.717, 1.165) is 43.4 Å². The minimum atomic E-state index is -0.184. The van der Waals surface area contributed by atoms with Crippen LogP contribution in [0.5, 0.6) is 0 Å². The van der Waals surface area contributed by atoms with Gasteiger partial charge in [-0.2, -0.15) is 0 Å². The van der Waals surface area contributed by atoms with E-state index in [-0.39, 0.29) is 23.8 Å². The highest BCUT2D eigenvalue weighted by molar-refractivity contribution is 5.68. The predicted molar refractivity (Wildman–Crippen MR) is 80.8 cm³/mol. The Labute approximate surface area is 127 Å². The Balaban J connectivity index is 1.36. The third-order valence-corrected chi connectivity index (χ3v) is 6.35. The molecule has 0 aromatic heterocycles. The lowest BCUT2D eigenvalue weighted by Crippen LogP contribution is -2.60. The Morgan fingerprint density at radius 1 is 1.00 bits per heavy atom. The maximum Gasteiger partial charge on any atom is 0.407 e. The van der Waals surface area contributed by atoms with Crippen LogP contribution in [0, 0.1) is 17.8 Å². The number of nitrogens with one attached hydrogen (secondary N) is 1. The van der Waals surface area contributed by atoms with E-state index < -0.39 is 0 Å². The standard InChI is InChI=1S/C17H28N2O2/c18-14-2-1-3-15(7-14)21-16(20)19-17-8-11-4-12(9-17)6-13(5-11)10-17/h11-15H,1-10,18H2,(H,19,20). The summed E-state index contributed by atoms with van der Waals surface area (Å²) < 4.78 is 5.67. The van der Waals surface area contributed by atoms with E-state index in [9.17, 15) is 4.79 Å². The molecule has 3 N–H and O–H groups in total. The average Bonchev–Trinajstić information content (AvgIpc) is 2.35. The molecular weight excluding hydrogens is 264 g/mol. The van der Waals surface area contributed by atoms with Crippen LogP contribution in [0.3, 0.4) is 0 Å². The summed E-state index contributed by atoms with van der Waals surface area (Å²) >= 11 is 0. The fourth-order valence-electron chi connectivity index (χ4n) is 5.95. The summed E-state index contributed by atoms with van der Waals surface area (Å²) in [4.78, 5) is 12.3. The van der Waals surface area contributed by atoms with Crippen LogP contribution in [0.25, 0.3) is 0 Å². The van der Waals surface area contributed by atoms with E-state index >= 15 is 0 Å². The smallest absolute Gasteiger partial charge is 0.407 e. The van der Waals surface area contributed by atoms with Gasteiger partial charge in [0.05, 0.1) is 0 Å². The van der Waals surface area contributed by atoms with Crippen molar-refractivity contribution in [2.24, 2.45) is 23.5 Å². The number of carbonyl (C=O) groups excluding carboxylic acids is 1. The summed E-state index contributed by atoms with van der Waals surface area (Å²) in [7, 11) is 0. The van der Waals surface area contributed by atoms with Gasteiger partial charge in [-0.3, -0.25) is 0 Å². The van der Waals surface area contributed by atoms with Gasteiger partial charge >= 0.3 is 6.09 Å². The van der Waals surface area contributed by atoms with E-state index in [0.29, 0.717) is 0 Å². The van der Waals surface area contributed by atoms with E-state index in [1.807, 2.05) is 0 Å². The first-order valence-electron chi connectivity index (χ1n) is 8.85.